The maximum atomic E-state index is 10.9. The number of nitrogens with zero attached hydrogens (tertiary/aromatic N) is 3. The summed E-state index contributed by atoms with van der Waals surface area (Å²) in [5, 5.41) is 10.9. The Morgan fingerprint density at radius 2 is 2.37 bits per heavy atom. The lowest BCUT2D eigenvalue weighted by atomic mass is 10.3. The molecule has 0 radical (unpaired) electrons. The Hall–Kier alpha value is -1.93. The van der Waals surface area contributed by atoms with Crippen LogP contribution < -0.4 is 16.2 Å². The third-order valence-corrected chi connectivity index (χ3v) is 2.97. The van der Waals surface area contributed by atoms with Gasteiger partial charge in [-0.3, -0.25) is 10.1 Å². The highest BCUT2D eigenvalue weighted by molar-refractivity contribution is 5.56. The van der Waals surface area contributed by atoms with Gasteiger partial charge in [-0.15, -0.1) is 0 Å². The van der Waals surface area contributed by atoms with E-state index in [0.29, 0.717) is 25.0 Å². The molecule has 0 amide bonds. The summed E-state index contributed by atoms with van der Waals surface area (Å²) in [4.78, 5) is 16.8. The highest BCUT2D eigenvalue weighted by Gasteiger charge is 2.30. The molecular weight excluding hydrogens is 250 g/mol. The SMILES string of the molecule is COCCN(c1cc([N+](=O)[O-])cc(NN)n1)C1CC1. The third-order valence-electron chi connectivity index (χ3n) is 2.97. The number of methoxy groups -OCH3 is 1. The molecule has 0 aromatic carbocycles. The number of nitrogens with one attached hydrogen (secondary N) is 1. The van der Waals surface area contributed by atoms with E-state index in [1.807, 2.05) is 4.90 Å². The van der Waals surface area contributed by atoms with E-state index in [-0.39, 0.29) is 11.5 Å². The second-order valence-electron chi connectivity index (χ2n) is 4.39. The van der Waals surface area contributed by atoms with Gasteiger partial charge in [-0.05, 0) is 12.8 Å². The van der Waals surface area contributed by atoms with Crippen molar-refractivity contribution in [3.8, 4) is 0 Å². The number of nitro groups is 1. The van der Waals surface area contributed by atoms with Crippen molar-refractivity contribution >= 4 is 17.3 Å². The Labute approximate surface area is 110 Å². The molecule has 1 aromatic heterocycles. The van der Waals surface area contributed by atoms with E-state index in [0.717, 1.165) is 12.8 Å². The number of nitrogen functional groups attached to an aromatic ring is 1. The number of hydrogen-bond donors (Lipinski definition) is 2. The van der Waals surface area contributed by atoms with E-state index in [9.17, 15) is 10.1 Å². The zero-order valence-corrected chi connectivity index (χ0v) is 10.7. The molecule has 8 nitrogen and oxygen atoms in total. The van der Waals surface area contributed by atoms with Crippen LogP contribution in [0.3, 0.4) is 0 Å². The van der Waals surface area contributed by atoms with Gasteiger partial charge in [0.1, 0.15) is 11.6 Å². The predicted octanol–water partition coefficient (Wildman–Crippen LogP) is 0.891. The first-order valence-corrected chi connectivity index (χ1v) is 6.04. The molecule has 0 spiro atoms. The lowest BCUT2D eigenvalue weighted by Gasteiger charge is -2.23. The molecule has 1 aliphatic rings. The van der Waals surface area contributed by atoms with Crippen molar-refractivity contribution in [1.29, 1.82) is 0 Å². The molecule has 1 heterocycles. The number of aromatic nitrogens is 1. The molecule has 3 N–H and O–H groups in total. The predicted molar refractivity (Wildman–Crippen MR) is 70.9 cm³/mol. The van der Waals surface area contributed by atoms with Gasteiger partial charge in [0.15, 0.2) is 0 Å². The van der Waals surface area contributed by atoms with Crippen LogP contribution in [0.15, 0.2) is 12.1 Å². The molecular formula is C11H17N5O3. The van der Waals surface area contributed by atoms with Gasteiger partial charge in [-0.2, -0.15) is 0 Å². The summed E-state index contributed by atoms with van der Waals surface area (Å²) in [7, 11) is 1.62. The molecule has 0 bridgehead atoms. The van der Waals surface area contributed by atoms with Crippen LogP contribution in [-0.4, -0.2) is 36.2 Å². The Balaban J connectivity index is 2.29. The quantitative estimate of drug-likeness (QED) is 0.429. The van der Waals surface area contributed by atoms with Crippen LogP contribution in [0.4, 0.5) is 17.3 Å². The maximum absolute atomic E-state index is 10.9. The number of hydrazine groups is 1. The highest BCUT2D eigenvalue weighted by atomic mass is 16.6. The molecule has 1 saturated carbocycles. The van der Waals surface area contributed by atoms with E-state index in [4.69, 9.17) is 10.6 Å². The van der Waals surface area contributed by atoms with Crippen LogP contribution in [0.1, 0.15) is 12.8 Å². The largest absolute Gasteiger partial charge is 0.383 e. The minimum Gasteiger partial charge on any atom is -0.383 e. The van der Waals surface area contributed by atoms with E-state index < -0.39 is 4.92 Å². The number of pyridine rings is 1. The number of hydrogen-bond acceptors (Lipinski definition) is 7. The molecule has 0 saturated heterocycles. The zero-order chi connectivity index (χ0) is 13.8. The van der Waals surface area contributed by atoms with E-state index in [1.165, 1.54) is 12.1 Å². The number of anilines is 2. The summed E-state index contributed by atoms with van der Waals surface area (Å²) in [5.41, 5.74) is 2.33. The molecule has 1 aromatic rings. The minimum atomic E-state index is -0.451. The summed E-state index contributed by atoms with van der Waals surface area (Å²) in [5.74, 6) is 6.14. The van der Waals surface area contributed by atoms with E-state index >= 15 is 0 Å². The van der Waals surface area contributed by atoms with Crippen molar-refractivity contribution in [2.24, 2.45) is 5.84 Å². The first-order chi connectivity index (χ1) is 9.15. The van der Waals surface area contributed by atoms with Crippen LogP contribution in [0.5, 0.6) is 0 Å². The third kappa shape index (κ3) is 3.30. The number of ether oxygens (including phenoxy) is 1. The normalized spacial score (nSPS) is 14.2. The highest BCUT2D eigenvalue weighted by Crippen LogP contribution is 2.32. The maximum Gasteiger partial charge on any atom is 0.276 e. The van der Waals surface area contributed by atoms with Crippen molar-refractivity contribution < 1.29 is 9.66 Å². The fourth-order valence-corrected chi connectivity index (χ4v) is 1.89. The molecule has 0 unspecified atom stereocenters. The van der Waals surface area contributed by atoms with Gasteiger partial charge in [-0.25, -0.2) is 10.8 Å². The lowest BCUT2D eigenvalue weighted by molar-refractivity contribution is -0.384. The monoisotopic (exact) mass is 267 g/mol. The summed E-state index contributed by atoms with van der Waals surface area (Å²) in [6, 6.07) is 3.16. The van der Waals surface area contributed by atoms with Crippen molar-refractivity contribution in [3.05, 3.63) is 22.2 Å². The van der Waals surface area contributed by atoms with Crippen LogP contribution >= 0.6 is 0 Å². The van der Waals surface area contributed by atoms with Crippen molar-refractivity contribution in [1.82, 2.24) is 4.98 Å². The van der Waals surface area contributed by atoms with Gasteiger partial charge < -0.3 is 15.1 Å². The standard InChI is InChI=1S/C11H17N5O3/c1-19-5-4-15(8-2-3-8)11-7-9(16(17)18)6-10(13-11)14-12/h6-8H,2-5,12H2,1H3,(H,13,14). The van der Waals surface area contributed by atoms with Crippen molar-refractivity contribution in [2.75, 3.05) is 30.6 Å². The molecule has 1 fully saturated rings. The minimum absolute atomic E-state index is 0.0268. The van der Waals surface area contributed by atoms with Crippen LogP contribution in [0.2, 0.25) is 0 Å². The zero-order valence-electron chi connectivity index (χ0n) is 10.7. The molecule has 19 heavy (non-hydrogen) atoms. The molecule has 0 aliphatic heterocycles. The van der Waals surface area contributed by atoms with Crippen molar-refractivity contribution in [3.63, 3.8) is 0 Å². The average molecular weight is 267 g/mol. The lowest BCUT2D eigenvalue weighted by Crippen LogP contribution is -2.30. The topological polar surface area (TPSA) is 107 Å². The fraction of sp³-hybridized carbons (Fsp3) is 0.545. The summed E-state index contributed by atoms with van der Waals surface area (Å²) in [6.45, 7) is 1.20. The molecule has 8 heteroatoms. The first kappa shape index (κ1) is 13.5. The van der Waals surface area contributed by atoms with Gasteiger partial charge in [0.2, 0.25) is 0 Å². The Kier molecular flexibility index (Phi) is 4.13. The second-order valence-corrected chi connectivity index (χ2v) is 4.39. The second kappa shape index (κ2) is 5.81. The summed E-state index contributed by atoms with van der Waals surface area (Å²) >= 11 is 0. The summed E-state index contributed by atoms with van der Waals surface area (Å²) in [6.07, 6.45) is 2.14. The molecule has 2 rings (SSSR count). The first-order valence-electron chi connectivity index (χ1n) is 6.04. The van der Waals surface area contributed by atoms with Crippen molar-refractivity contribution in [2.45, 2.75) is 18.9 Å². The van der Waals surface area contributed by atoms with Gasteiger partial charge in [0, 0.05) is 19.7 Å². The Morgan fingerprint density at radius 1 is 1.63 bits per heavy atom. The van der Waals surface area contributed by atoms with Gasteiger partial charge >= 0.3 is 0 Å². The van der Waals surface area contributed by atoms with Crippen LogP contribution in [-0.2, 0) is 4.74 Å². The van der Waals surface area contributed by atoms with Crippen LogP contribution in [0.25, 0.3) is 0 Å². The van der Waals surface area contributed by atoms with E-state index in [2.05, 4.69) is 10.4 Å². The van der Waals surface area contributed by atoms with Gasteiger partial charge in [0.25, 0.3) is 5.69 Å². The van der Waals surface area contributed by atoms with Gasteiger partial charge in [0.05, 0.1) is 23.7 Å². The summed E-state index contributed by atoms with van der Waals surface area (Å²) < 4.78 is 5.06. The molecule has 104 valence electrons. The smallest absolute Gasteiger partial charge is 0.276 e. The Bertz CT molecular complexity index is 464. The number of rotatable bonds is 7. The van der Waals surface area contributed by atoms with E-state index in [1.54, 1.807) is 7.11 Å². The van der Waals surface area contributed by atoms with Gasteiger partial charge in [-0.1, -0.05) is 0 Å². The number of nitrogens with two attached hydrogens (primary N) is 1. The molecule has 0 atom stereocenters. The average Bonchev–Trinajstić information content (AvgIpc) is 3.23. The van der Waals surface area contributed by atoms with Crippen LogP contribution in [0, 0.1) is 10.1 Å². The molecule has 1 aliphatic carbocycles. The Morgan fingerprint density at radius 3 is 2.89 bits per heavy atom. The fourth-order valence-electron chi connectivity index (χ4n) is 1.89.